The van der Waals surface area contributed by atoms with Gasteiger partial charge in [-0.05, 0) is 37.1 Å². The largest absolute Gasteiger partial charge is 0.416 e. The quantitative estimate of drug-likeness (QED) is 0.525. The molecule has 1 aromatic heterocycles. The van der Waals surface area contributed by atoms with E-state index in [1.807, 2.05) is 29.2 Å². The van der Waals surface area contributed by atoms with Crippen LogP contribution in [-0.2, 0) is 6.18 Å². The van der Waals surface area contributed by atoms with Gasteiger partial charge in [0.15, 0.2) is 0 Å². The van der Waals surface area contributed by atoms with Crippen LogP contribution in [0.2, 0.25) is 5.02 Å². The van der Waals surface area contributed by atoms with E-state index in [1.54, 1.807) is 0 Å². The monoisotopic (exact) mass is 424 g/mol. The van der Waals surface area contributed by atoms with Gasteiger partial charge in [0.1, 0.15) is 4.88 Å². The normalized spacial score (nSPS) is 14.6. The molecule has 1 aliphatic heterocycles. The summed E-state index contributed by atoms with van der Waals surface area (Å²) in [6, 6.07) is 10.8. The first-order valence-electron chi connectivity index (χ1n) is 8.79. The number of nitrogens with zero attached hydrogens (tertiary/aromatic N) is 1. The van der Waals surface area contributed by atoms with E-state index < -0.39 is 17.6 Å². The molecule has 1 fully saturated rings. The van der Waals surface area contributed by atoms with Crippen LogP contribution in [0.4, 0.5) is 24.5 Å². The molecule has 3 aromatic rings. The van der Waals surface area contributed by atoms with Gasteiger partial charge in [-0.3, -0.25) is 4.79 Å². The van der Waals surface area contributed by atoms with Gasteiger partial charge in [0.2, 0.25) is 0 Å². The molecule has 0 atom stereocenters. The first kappa shape index (κ1) is 19.1. The number of thiophene rings is 1. The second-order valence-electron chi connectivity index (χ2n) is 6.62. The molecule has 146 valence electrons. The molecule has 1 amide bonds. The fourth-order valence-corrected chi connectivity index (χ4v) is 4.80. The lowest BCUT2D eigenvalue weighted by molar-refractivity contribution is -0.137. The summed E-state index contributed by atoms with van der Waals surface area (Å²) in [7, 11) is 0. The van der Waals surface area contributed by atoms with Crippen molar-refractivity contribution in [2.45, 2.75) is 19.0 Å². The van der Waals surface area contributed by atoms with Gasteiger partial charge < -0.3 is 10.2 Å². The number of hydrogen-bond acceptors (Lipinski definition) is 3. The summed E-state index contributed by atoms with van der Waals surface area (Å²) in [6.45, 7) is 1.50. The highest BCUT2D eigenvalue weighted by Crippen LogP contribution is 2.39. The fraction of sp³-hybridized carbons (Fsp3) is 0.250. The van der Waals surface area contributed by atoms with E-state index in [-0.39, 0.29) is 10.6 Å². The Labute approximate surface area is 168 Å². The predicted octanol–water partition coefficient (Wildman–Crippen LogP) is 6.43. The maximum atomic E-state index is 13.2. The summed E-state index contributed by atoms with van der Waals surface area (Å²) >= 11 is 7.57. The van der Waals surface area contributed by atoms with Crippen molar-refractivity contribution in [2.75, 3.05) is 23.3 Å². The smallest absolute Gasteiger partial charge is 0.370 e. The number of nitrogens with one attached hydrogen (secondary N) is 1. The van der Waals surface area contributed by atoms with Crippen molar-refractivity contribution >= 4 is 50.3 Å². The average Bonchev–Trinajstić information content (AvgIpc) is 3.30. The minimum Gasteiger partial charge on any atom is -0.370 e. The summed E-state index contributed by atoms with van der Waals surface area (Å²) in [6.07, 6.45) is -2.55. The van der Waals surface area contributed by atoms with Crippen molar-refractivity contribution in [1.29, 1.82) is 0 Å². The molecule has 0 bridgehead atoms. The highest BCUT2D eigenvalue weighted by Gasteiger charge is 2.32. The number of alkyl halides is 3. The van der Waals surface area contributed by atoms with Crippen LogP contribution in [0.1, 0.15) is 28.1 Å². The van der Waals surface area contributed by atoms with Crippen LogP contribution in [-0.4, -0.2) is 19.0 Å². The minimum atomic E-state index is -4.49. The van der Waals surface area contributed by atoms with Gasteiger partial charge in [0, 0.05) is 23.2 Å². The molecule has 4 rings (SSSR count). The molecule has 1 N–H and O–H groups in total. The average molecular weight is 425 g/mol. The maximum absolute atomic E-state index is 13.2. The van der Waals surface area contributed by atoms with Crippen molar-refractivity contribution in [1.82, 2.24) is 0 Å². The summed E-state index contributed by atoms with van der Waals surface area (Å²) in [5, 5.41) is 3.73. The van der Waals surface area contributed by atoms with E-state index in [2.05, 4.69) is 5.32 Å². The number of carbonyl (C=O) groups excluding carboxylic acids is 1. The van der Waals surface area contributed by atoms with Gasteiger partial charge in [-0.15, -0.1) is 11.3 Å². The second-order valence-corrected chi connectivity index (χ2v) is 8.05. The van der Waals surface area contributed by atoms with Gasteiger partial charge in [-0.2, -0.15) is 13.2 Å². The molecule has 28 heavy (non-hydrogen) atoms. The number of anilines is 2. The lowest BCUT2D eigenvalue weighted by Crippen LogP contribution is -2.21. The molecule has 1 aliphatic rings. The Kier molecular flexibility index (Phi) is 4.97. The van der Waals surface area contributed by atoms with Crippen LogP contribution < -0.4 is 10.2 Å². The molecule has 2 aromatic carbocycles. The molecule has 0 radical (unpaired) electrons. The number of halogens is 4. The number of carbonyl (C=O) groups is 1. The molecule has 2 heterocycles. The Balaban J connectivity index is 1.72. The van der Waals surface area contributed by atoms with Crippen LogP contribution in [0.15, 0.2) is 42.5 Å². The first-order valence-corrected chi connectivity index (χ1v) is 9.98. The van der Waals surface area contributed by atoms with E-state index in [0.29, 0.717) is 10.7 Å². The lowest BCUT2D eigenvalue weighted by atomic mass is 10.1. The van der Waals surface area contributed by atoms with E-state index in [1.165, 1.54) is 17.4 Å². The Morgan fingerprint density at radius 2 is 1.82 bits per heavy atom. The number of fused-ring (bicyclic) bond motifs is 1. The van der Waals surface area contributed by atoms with E-state index >= 15 is 0 Å². The van der Waals surface area contributed by atoms with E-state index in [9.17, 15) is 18.0 Å². The molecule has 0 aliphatic carbocycles. The Hall–Kier alpha value is -2.25. The Bertz CT molecular complexity index is 1040. The van der Waals surface area contributed by atoms with Crippen LogP contribution in [0.25, 0.3) is 10.1 Å². The van der Waals surface area contributed by atoms with Crippen LogP contribution in [0.5, 0.6) is 0 Å². The maximum Gasteiger partial charge on any atom is 0.416 e. The van der Waals surface area contributed by atoms with Crippen molar-refractivity contribution in [3.8, 4) is 0 Å². The molecular formula is C20H16ClF3N2OS. The Morgan fingerprint density at radius 1 is 1.11 bits per heavy atom. The predicted molar refractivity (Wildman–Crippen MR) is 108 cm³/mol. The standard InChI is InChI=1S/C20H16ClF3N2OS/c21-17-13-5-1-2-6-16(13)28-18(17)19(27)25-14-11-12(20(22,23)24)7-8-15(14)26-9-3-4-10-26/h1-2,5-8,11H,3-4,9-10H2,(H,25,27). The van der Waals surface area contributed by atoms with E-state index in [4.69, 9.17) is 11.6 Å². The highest BCUT2D eigenvalue weighted by atomic mass is 35.5. The Morgan fingerprint density at radius 3 is 2.50 bits per heavy atom. The van der Waals surface area contributed by atoms with Crippen molar-refractivity contribution < 1.29 is 18.0 Å². The fourth-order valence-electron chi connectivity index (χ4n) is 3.39. The van der Waals surface area contributed by atoms with Crippen LogP contribution in [0.3, 0.4) is 0 Å². The van der Waals surface area contributed by atoms with Crippen LogP contribution >= 0.6 is 22.9 Å². The molecule has 0 saturated carbocycles. The molecule has 0 spiro atoms. The summed E-state index contributed by atoms with van der Waals surface area (Å²) < 4.78 is 40.4. The second kappa shape index (κ2) is 7.29. The van der Waals surface area contributed by atoms with Crippen molar-refractivity contribution in [3.63, 3.8) is 0 Å². The summed E-state index contributed by atoms with van der Waals surface area (Å²) in [5.41, 5.74) is -0.0560. The third kappa shape index (κ3) is 3.56. The zero-order valence-electron chi connectivity index (χ0n) is 14.6. The van der Waals surface area contributed by atoms with Gasteiger partial charge in [-0.25, -0.2) is 0 Å². The van der Waals surface area contributed by atoms with Gasteiger partial charge in [0.25, 0.3) is 5.91 Å². The topological polar surface area (TPSA) is 32.3 Å². The first-order chi connectivity index (χ1) is 13.3. The zero-order valence-corrected chi connectivity index (χ0v) is 16.2. The minimum absolute atomic E-state index is 0.148. The number of benzene rings is 2. The SMILES string of the molecule is O=C(Nc1cc(C(F)(F)F)ccc1N1CCCC1)c1sc2ccccc2c1Cl. The molecule has 0 unspecified atom stereocenters. The molecule has 8 heteroatoms. The number of amides is 1. The van der Waals surface area contributed by atoms with Gasteiger partial charge in [-0.1, -0.05) is 29.8 Å². The summed E-state index contributed by atoms with van der Waals surface area (Å²) in [4.78, 5) is 15.1. The van der Waals surface area contributed by atoms with Crippen molar-refractivity contribution in [2.24, 2.45) is 0 Å². The van der Waals surface area contributed by atoms with Crippen LogP contribution in [0, 0.1) is 0 Å². The number of hydrogen-bond donors (Lipinski definition) is 1. The zero-order chi connectivity index (χ0) is 19.9. The van der Waals surface area contributed by atoms with Gasteiger partial charge in [0.05, 0.1) is 22.0 Å². The molecule has 3 nitrogen and oxygen atoms in total. The third-order valence-corrected chi connectivity index (χ3v) is 6.43. The lowest BCUT2D eigenvalue weighted by Gasteiger charge is -2.22. The van der Waals surface area contributed by atoms with Crippen molar-refractivity contribution in [3.05, 3.63) is 57.9 Å². The highest BCUT2D eigenvalue weighted by molar-refractivity contribution is 7.21. The van der Waals surface area contributed by atoms with E-state index in [0.717, 1.165) is 48.2 Å². The summed E-state index contributed by atoms with van der Waals surface area (Å²) in [5.74, 6) is -0.508. The molecule has 1 saturated heterocycles. The van der Waals surface area contributed by atoms with Gasteiger partial charge >= 0.3 is 6.18 Å². The number of rotatable bonds is 3. The molecular weight excluding hydrogens is 409 g/mol. The third-order valence-electron chi connectivity index (χ3n) is 4.76.